The van der Waals surface area contributed by atoms with E-state index in [1.165, 1.54) is 17.5 Å². The number of amides is 1. The SMILES string of the molecule is Cc1ccc(NC(=O)c2cc(N(C)CCc3ccncc3)ncn2)cc1C. The summed E-state index contributed by atoms with van der Waals surface area (Å²) in [5.74, 6) is 0.466. The van der Waals surface area contributed by atoms with E-state index in [-0.39, 0.29) is 5.91 Å². The second kappa shape index (κ2) is 8.40. The van der Waals surface area contributed by atoms with Crippen molar-refractivity contribution in [3.05, 3.63) is 77.5 Å². The first-order valence-corrected chi connectivity index (χ1v) is 8.83. The second-order valence-electron chi connectivity index (χ2n) is 6.54. The molecule has 0 aliphatic carbocycles. The molecule has 0 bridgehead atoms. The third-order valence-corrected chi connectivity index (χ3v) is 4.53. The van der Waals surface area contributed by atoms with Crippen LogP contribution in [0.4, 0.5) is 11.5 Å². The molecule has 2 heterocycles. The molecule has 0 unspecified atom stereocenters. The highest BCUT2D eigenvalue weighted by molar-refractivity contribution is 6.03. The molecular formula is C21H23N5O. The lowest BCUT2D eigenvalue weighted by molar-refractivity contribution is 0.102. The average Bonchev–Trinajstić information content (AvgIpc) is 2.70. The number of hydrogen-bond acceptors (Lipinski definition) is 5. The van der Waals surface area contributed by atoms with Gasteiger partial charge >= 0.3 is 0 Å². The zero-order valence-electron chi connectivity index (χ0n) is 15.8. The predicted molar refractivity (Wildman–Crippen MR) is 107 cm³/mol. The van der Waals surface area contributed by atoms with Crippen LogP contribution in [-0.4, -0.2) is 34.5 Å². The Balaban J connectivity index is 1.66. The molecule has 3 rings (SSSR count). The van der Waals surface area contributed by atoms with Crippen LogP contribution in [0, 0.1) is 13.8 Å². The van der Waals surface area contributed by atoms with E-state index in [0.717, 1.165) is 24.2 Å². The highest BCUT2D eigenvalue weighted by atomic mass is 16.1. The topological polar surface area (TPSA) is 71.0 Å². The first-order valence-electron chi connectivity index (χ1n) is 8.83. The van der Waals surface area contributed by atoms with Gasteiger partial charge in [-0.15, -0.1) is 0 Å². The van der Waals surface area contributed by atoms with Crippen molar-refractivity contribution in [2.45, 2.75) is 20.3 Å². The summed E-state index contributed by atoms with van der Waals surface area (Å²) in [6.07, 6.45) is 5.87. The highest BCUT2D eigenvalue weighted by Gasteiger charge is 2.12. The largest absolute Gasteiger partial charge is 0.359 e. The monoisotopic (exact) mass is 361 g/mol. The van der Waals surface area contributed by atoms with E-state index in [9.17, 15) is 4.79 Å². The summed E-state index contributed by atoms with van der Waals surface area (Å²) in [5, 5.41) is 2.90. The van der Waals surface area contributed by atoms with Crippen LogP contribution < -0.4 is 10.2 Å². The Morgan fingerprint density at radius 3 is 2.56 bits per heavy atom. The zero-order chi connectivity index (χ0) is 19.2. The van der Waals surface area contributed by atoms with Gasteiger partial charge in [0.15, 0.2) is 0 Å². The molecule has 0 aliphatic rings. The van der Waals surface area contributed by atoms with Crippen molar-refractivity contribution < 1.29 is 4.79 Å². The van der Waals surface area contributed by atoms with Crippen molar-refractivity contribution in [1.29, 1.82) is 0 Å². The summed E-state index contributed by atoms with van der Waals surface area (Å²) < 4.78 is 0. The van der Waals surface area contributed by atoms with Gasteiger partial charge in [0, 0.05) is 37.7 Å². The predicted octanol–water partition coefficient (Wildman–Crippen LogP) is 3.42. The number of nitrogens with one attached hydrogen (secondary N) is 1. The minimum Gasteiger partial charge on any atom is -0.359 e. The lowest BCUT2D eigenvalue weighted by atomic mass is 10.1. The van der Waals surface area contributed by atoms with Crippen molar-refractivity contribution in [2.24, 2.45) is 0 Å². The van der Waals surface area contributed by atoms with E-state index >= 15 is 0 Å². The fourth-order valence-corrected chi connectivity index (χ4v) is 2.66. The van der Waals surface area contributed by atoms with E-state index in [0.29, 0.717) is 11.5 Å². The molecule has 1 amide bonds. The standard InChI is InChI=1S/C21H23N5O/c1-15-4-5-18(12-16(15)2)25-21(27)19-13-20(24-14-23-19)26(3)11-8-17-6-9-22-10-7-17/h4-7,9-10,12-14H,8,11H2,1-3H3,(H,25,27). The van der Waals surface area contributed by atoms with Crippen LogP contribution in [0.2, 0.25) is 0 Å². The number of rotatable bonds is 6. The van der Waals surface area contributed by atoms with Crippen LogP contribution in [0.5, 0.6) is 0 Å². The van der Waals surface area contributed by atoms with Crippen LogP contribution >= 0.6 is 0 Å². The van der Waals surface area contributed by atoms with E-state index < -0.39 is 0 Å². The number of carbonyl (C=O) groups is 1. The lowest BCUT2D eigenvalue weighted by Gasteiger charge is -2.18. The summed E-state index contributed by atoms with van der Waals surface area (Å²) in [6, 6.07) is 11.5. The van der Waals surface area contributed by atoms with Gasteiger partial charge in [0.05, 0.1) is 0 Å². The van der Waals surface area contributed by atoms with Gasteiger partial charge in [-0.1, -0.05) is 6.07 Å². The number of likely N-dealkylation sites (N-methyl/N-ethyl adjacent to an activating group) is 1. The summed E-state index contributed by atoms with van der Waals surface area (Å²) >= 11 is 0. The second-order valence-corrected chi connectivity index (χ2v) is 6.54. The molecule has 0 saturated carbocycles. The first-order chi connectivity index (χ1) is 13.0. The maximum Gasteiger partial charge on any atom is 0.274 e. The maximum absolute atomic E-state index is 12.5. The minimum absolute atomic E-state index is 0.246. The van der Waals surface area contributed by atoms with Gasteiger partial charge in [-0.3, -0.25) is 9.78 Å². The molecule has 1 aromatic carbocycles. The highest BCUT2D eigenvalue weighted by Crippen LogP contribution is 2.16. The van der Waals surface area contributed by atoms with Gasteiger partial charge in [0.25, 0.3) is 5.91 Å². The van der Waals surface area contributed by atoms with Gasteiger partial charge < -0.3 is 10.2 Å². The van der Waals surface area contributed by atoms with Gasteiger partial charge in [-0.2, -0.15) is 0 Å². The number of aryl methyl sites for hydroxylation is 2. The molecule has 6 heteroatoms. The number of hydrogen-bond donors (Lipinski definition) is 1. The van der Waals surface area contributed by atoms with E-state index in [2.05, 4.69) is 20.3 Å². The Morgan fingerprint density at radius 1 is 1.04 bits per heavy atom. The van der Waals surface area contributed by atoms with E-state index in [1.54, 1.807) is 18.5 Å². The zero-order valence-corrected chi connectivity index (χ0v) is 15.8. The Labute approximate surface area is 159 Å². The Morgan fingerprint density at radius 2 is 1.81 bits per heavy atom. The summed E-state index contributed by atoms with van der Waals surface area (Å²) in [6.45, 7) is 4.84. The van der Waals surface area contributed by atoms with Crippen molar-refractivity contribution in [2.75, 3.05) is 23.8 Å². The molecule has 6 nitrogen and oxygen atoms in total. The van der Waals surface area contributed by atoms with Crippen molar-refractivity contribution in [1.82, 2.24) is 15.0 Å². The van der Waals surface area contributed by atoms with Gasteiger partial charge in [-0.25, -0.2) is 9.97 Å². The fraction of sp³-hybridized carbons (Fsp3) is 0.238. The molecule has 0 saturated heterocycles. The van der Waals surface area contributed by atoms with E-state index in [4.69, 9.17) is 0 Å². The van der Waals surface area contributed by atoms with Crippen LogP contribution in [-0.2, 0) is 6.42 Å². The molecular weight excluding hydrogens is 338 g/mol. The number of anilines is 2. The average molecular weight is 361 g/mol. The quantitative estimate of drug-likeness (QED) is 0.728. The number of nitrogens with zero attached hydrogens (tertiary/aromatic N) is 4. The smallest absolute Gasteiger partial charge is 0.274 e. The Kier molecular flexibility index (Phi) is 5.76. The van der Waals surface area contributed by atoms with Crippen LogP contribution in [0.1, 0.15) is 27.2 Å². The van der Waals surface area contributed by atoms with Crippen LogP contribution in [0.3, 0.4) is 0 Å². The molecule has 0 atom stereocenters. The minimum atomic E-state index is -0.246. The fourth-order valence-electron chi connectivity index (χ4n) is 2.66. The third kappa shape index (κ3) is 4.88. The van der Waals surface area contributed by atoms with Crippen LogP contribution in [0.15, 0.2) is 55.1 Å². The molecule has 138 valence electrons. The van der Waals surface area contributed by atoms with Crippen molar-refractivity contribution in [3.63, 3.8) is 0 Å². The number of benzene rings is 1. The third-order valence-electron chi connectivity index (χ3n) is 4.53. The molecule has 0 fully saturated rings. The van der Waals surface area contributed by atoms with Crippen molar-refractivity contribution in [3.8, 4) is 0 Å². The van der Waals surface area contributed by atoms with Gasteiger partial charge in [0.1, 0.15) is 17.8 Å². The van der Waals surface area contributed by atoms with Crippen molar-refractivity contribution >= 4 is 17.4 Å². The normalized spacial score (nSPS) is 10.5. The van der Waals surface area contributed by atoms with Gasteiger partial charge in [-0.05, 0) is 61.2 Å². The summed E-state index contributed by atoms with van der Waals surface area (Å²) in [4.78, 5) is 27.0. The molecule has 2 aromatic heterocycles. The van der Waals surface area contributed by atoms with E-state index in [1.807, 2.05) is 56.1 Å². The molecule has 27 heavy (non-hydrogen) atoms. The molecule has 1 N–H and O–H groups in total. The molecule has 0 radical (unpaired) electrons. The lowest BCUT2D eigenvalue weighted by Crippen LogP contribution is -2.23. The number of pyridine rings is 1. The summed E-state index contributed by atoms with van der Waals surface area (Å²) in [5.41, 5.74) is 4.63. The molecule has 3 aromatic rings. The Hall–Kier alpha value is -3.28. The maximum atomic E-state index is 12.5. The van der Waals surface area contributed by atoms with Gasteiger partial charge in [0.2, 0.25) is 0 Å². The Bertz CT molecular complexity index is 927. The number of aromatic nitrogens is 3. The van der Waals surface area contributed by atoms with Crippen LogP contribution in [0.25, 0.3) is 0 Å². The number of carbonyl (C=O) groups excluding carboxylic acids is 1. The molecule has 0 spiro atoms. The first kappa shape index (κ1) is 18.5. The summed E-state index contributed by atoms with van der Waals surface area (Å²) in [7, 11) is 1.95. The molecule has 0 aliphatic heterocycles.